The van der Waals surface area contributed by atoms with Crippen LogP contribution in [0.3, 0.4) is 0 Å². The molecule has 1 aliphatic rings. The van der Waals surface area contributed by atoms with E-state index in [-0.39, 0.29) is 11.3 Å². The molecule has 0 aliphatic carbocycles. The SMILES string of the molecule is COc1cccc(C(O)=C2C(=O)C(=O)N(c3nc4ccc(C)cc4s3)[C@H]2c2cccc(OC)c2)c1. The monoisotopic (exact) mass is 486 g/mol. The van der Waals surface area contributed by atoms with E-state index in [1.165, 1.54) is 23.3 Å². The van der Waals surface area contributed by atoms with Gasteiger partial charge in [-0.05, 0) is 54.4 Å². The molecule has 1 N–H and O–H groups in total. The third kappa shape index (κ3) is 3.91. The van der Waals surface area contributed by atoms with Crippen molar-refractivity contribution in [3.8, 4) is 11.5 Å². The molecule has 0 radical (unpaired) electrons. The summed E-state index contributed by atoms with van der Waals surface area (Å²) < 4.78 is 11.6. The average molecular weight is 487 g/mol. The molecule has 3 aromatic carbocycles. The number of aryl methyl sites for hydroxylation is 1. The summed E-state index contributed by atoms with van der Waals surface area (Å²) in [6.45, 7) is 1.98. The van der Waals surface area contributed by atoms with Crippen LogP contribution in [-0.2, 0) is 9.59 Å². The molecule has 4 aromatic rings. The molecule has 0 spiro atoms. The van der Waals surface area contributed by atoms with Gasteiger partial charge in [-0.25, -0.2) is 4.98 Å². The van der Waals surface area contributed by atoms with Gasteiger partial charge in [0.2, 0.25) is 0 Å². The molecule has 0 unspecified atom stereocenters. The van der Waals surface area contributed by atoms with Crippen LogP contribution in [0.5, 0.6) is 11.5 Å². The summed E-state index contributed by atoms with van der Waals surface area (Å²) in [6.07, 6.45) is 0. The third-order valence-corrected chi connectivity index (χ3v) is 6.95. The topological polar surface area (TPSA) is 89.0 Å². The lowest BCUT2D eigenvalue weighted by molar-refractivity contribution is -0.132. The zero-order valence-electron chi connectivity index (χ0n) is 19.3. The van der Waals surface area contributed by atoms with Crippen LogP contribution in [0, 0.1) is 6.92 Å². The fraction of sp³-hybridized carbons (Fsp3) is 0.148. The highest BCUT2D eigenvalue weighted by Gasteiger charge is 2.48. The number of rotatable bonds is 5. The summed E-state index contributed by atoms with van der Waals surface area (Å²) in [5.74, 6) is -0.738. The van der Waals surface area contributed by atoms with Crippen LogP contribution in [0.2, 0.25) is 0 Å². The molecule has 1 aromatic heterocycles. The van der Waals surface area contributed by atoms with E-state index in [4.69, 9.17) is 9.47 Å². The predicted molar refractivity (Wildman–Crippen MR) is 135 cm³/mol. The number of hydrogen-bond donors (Lipinski definition) is 1. The number of carbonyl (C=O) groups excluding carboxylic acids is 2. The maximum absolute atomic E-state index is 13.4. The number of aliphatic hydroxyl groups is 1. The number of carbonyl (C=O) groups is 2. The molecule has 1 aliphatic heterocycles. The lowest BCUT2D eigenvalue weighted by Gasteiger charge is -2.23. The first kappa shape index (κ1) is 22.6. The van der Waals surface area contributed by atoms with Crippen molar-refractivity contribution in [3.05, 3.63) is 89.0 Å². The van der Waals surface area contributed by atoms with Crippen molar-refractivity contribution < 1.29 is 24.2 Å². The van der Waals surface area contributed by atoms with Crippen molar-refractivity contribution in [1.82, 2.24) is 4.98 Å². The maximum Gasteiger partial charge on any atom is 0.301 e. The van der Waals surface area contributed by atoms with Crippen LogP contribution in [0.4, 0.5) is 5.13 Å². The normalized spacial score (nSPS) is 17.2. The number of amides is 1. The van der Waals surface area contributed by atoms with Gasteiger partial charge in [0.05, 0.1) is 36.1 Å². The predicted octanol–water partition coefficient (Wildman–Crippen LogP) is 5.25. The van der Waals surface area contributed by atoms with Gasteiger partial charge in [-0.2, -0.15) is 0 Å². The molecule has 2 heterocycles. The Hall–Kier alpha value is -4.17. The molecule has 1 amide bonds. The summed E-state index contributed by atoms with van der Waals surface area (Å²) in [7, 11) is 3.06. The second kappa shape index (κ2) is 8.88. The summed E-state index contributed by atoms with van der Waals surface area (Å²) in [5.41, 5.74) is 2.76. The number of anilines is 1. The third-order valence-electron chi connectivity index (χ3n) is 5.94. The zero-order valence-corrected chi connectivity index (χ0v) is 20.1. The number of benzene rings is 3. The Bertz CT molecular complexity index is 1510. The number of ketones is 1. The Morgan fingerprint density at radius 3 is 2.43 bits per heavy atom. The van der Waals surface area contributed by atoms with Gasteiger partial charge in [0, 0.05) is 5.56 Å². The fourth-order valence-electron chi connectivity index (χ4n) is 4.21. The molecule has 1 fully saturated rings. The molecule has 176 valence electrons. The number of Topliss-reactive ketones (excluding diaryl/α,β-unsaturated/α-hetero) is 1. The largest absolute Gasteiger partial charge is 0.507 e. The molecule has 35 heavy (non-hydrogen) atoms. The van der Waals surface area contributed by atoms with Crippen LogP contribution in [-0.4, -0.2) is 36.0 Å². The van der Waals surface area contributed by atoms with Crippen molar-refractivity contribution in [3.63, 3.8) is 0 Å². The lowest BCUT2D eigenvalue weighted by Crippen LogP contribution is -2.29. The summed E-state index contributed by atoms with van der Waals surface area (Å²) in [4.78, 5) is 32.8. The highest BCUT2D eigenvalue weighted by molar-refractivity contribution is 7.22. The van der Waals surface area contributed by atoms with Gasteiger partial charge in [0.15, 0.2) is 5.13 Å². The van der Waals surface area contributed by atoms with Gasteiger partial charge >= 0.3 is 5.91 Å². The Kier molecular flexibility index (Phi) is 5.74. The van der Waals surface area contributed by atoms with E-state index in [0.29, 0.717) is 27.8 Å². The van der Waals surface area contributed by atoms with E-state index < -0.39 is 17.7 Å². The number of aliphatic hydroxyl groups excluding tert-OH is 1. The summed E-state index contributed by atoms with van der Waals surface area (Å²) >= 11 is 1.32. The minimum absolute atomic E-state index is 0.0213. The Labute approximate surface area is 205 Å². The molecule has 5 rings (SSSR count). The number of ether oxygens (including phenoxy) is 2. The van der Waals surface area contributed by atoms with E-state index in [0.717, 1.165) is 15.8 Å². The number of methoxy groups -OCH3 is 2. The number of fused-ring (bicyclic) bond motifs is 1. The van der Waals surface area contributed by atoms with Crippen LogP contribution >= 0.6 is 11.3 Å². The number of aromatic nitrogens is 1. The molecular formula is C27H22N2O5S. The van der Waals surface area contributed by atoms with Gasteiger partial charge in [-0.1, -0.05) is 41.7 Å². The summed E-state index contributed by atoms with van der Waals surface area (Å²) in [6, 6.07) is 18.8. The van der Waals surface area contributed by atoms with Crippen molar-refractivity contribution in [2.75, 3.05) is 19.1 Å². The minimum atomic E-state index is -0.891. The lowest BCUT2D eigenvalue weighted by atomic mass is 9.95. The number of hydrogen-bond acceptors (Lipinski definition) is 7. The standard InChI is InChI=1S/C27H22N2O5S/c1-15-10-11-20-21(12-15)35-27(28-20)29-23(16-6-4-8-18(13-16)33-2)22(25(31)26(29)32)24(30)17-7-5-9-19(14-17)34-3/h4-14,23,30H,1-3H3/t23-/m0/s1. The average Bonchev–Trinajstić information content (AvgIpc) is 3.41. The van der Waals surface area contributed by atoms with Gasteiger partial charge in [-0.3, -0.25) is 14.5 Å². The van der Waals surface area contributed by atoms with Gasteiger partial charge in [0.25, 0.3) is 5.78 Å². The Balaban J connectivity index is 1.74. The van der Waals surface area contributed by atoms with E-state index in [2.05, 4.69) is 4.98 Å². The van der Waals surface area contributed by atoms with E-state index in [9.17, 15) is 14.7 Å². The van der Waals surface area contributed by atoms with E-state index in [1.807, 2.05) is 25.1 Å². The maximum atomic E-state index is 13.4. The zero-order chi connectivity index (χ0) is 24.7. The van der Waals surface area contributed by atoms with Crippen molar-refractivity contribution in [2.45, 2.75) is 13.0 Å². The van der Waals surface area contributed by atoms with Crippen LogP contribution in [0.25, 0.3) is 16.0 Å². The first-order chi connectivity index (χ1) is 16.9. The van der Waals surface area contributed by atoms with Crippen molar-refractivity contribution >= 4 is 44.1 Å². The molecule has 0 bridgehead atoms. The number of nitrogens with zero attached hydrogens (tertiary/aromatic N) is 2. The van der Waals surface area contributed by atoms with Crippen LogP contribution in [0.15, 0.2) is 72.3 Å². The molecule has 8 heteroatoms. The highest BCUT2D eigenvalue weighted by Crippen LogP contribution is 2.45. The van der Waals surface area contributed by atoms with Gasteiger partial charge in [0.1, 0.15) is 17.3 Å². The highest BCUT2D eigenvalue weighted by atomic mass is 32.1. The molecule has 7 nitrogen and oxygen atoms in total. The van der Waals surface area contributed by atoms with Gasteiger partial charge < -0.3 is 14.6 Å². The Morgan fingerprint density at radius 2 is 1.69 bits per heavy atom. The molecule has 1 atom stereocenters. The Morgan fingerprint density at radius 1 is 0.971 bits per heavy atom. The van der Waals surface area contributed by atoms with E-state index >= 15 is 0 Å². The van der Waals surface area contributed by atoms with Crippen LogP contribution in [0.1, 0.15) is 22.7 Å². The minimum Gasteiger partial charge on any atom is -0.507 e. The fourth-order valence-corrected chi connectivity index (χ4v) is 5.30. The summed E-state index contributed by atoms with van der Waals surface area (Å²) in [5, 5.41) is 11.7. The van der Waals surface area contributed by atoms with Crippen molar-refractivity contribution in [2.24, 2.45) is 0 Å². The number of thiazole rings is 1. The molecular weight excluding hydrogens is 464 g/mol. The van der Waals surface area contributed by atoms with E-state index in [1.54, 1.807) is 55.6 Å². The molecule has 1 saturated heterocycles. The van der Waals surface area contributed by atoms with Crippen molar-refractivity contribution in [1.29, 1.82) is 0 Å². The van der Waals surface area contributed by atoms with Gasteiger partial charge in [-0.15, -0.1) is 0 Å². The quantitative estimate of drug-likeness (QED) is 0.236. The first-order valence-corrected chi connectivity index (χ1v) is 11.7. The molecule has 0 saturated carbocycles. The smallest absolute Gasteiger partial charge is 0.301 e. The second-order valence-electron chi connectivity index (χ2n) is 8.15. The first-order valence-electron chi connectivity index (χ1n) is 10.9. The van der Waals surface area contributed by atoms with Crippen LogP contribution < -0.4 is 14.4 Å². The second-order valence-corrected chi connectivity index (χ2v) is 9.15.